The van der Waals surface area contributed by atoms with Crippen LogP contribution in [-0.4, -0.2) is 32.4 Å². The zero-order valence-electron chi connectivity index (χ0n) is 17.2. The number of pyridine rings is 2. The van der Waals surface area contributed by atoms with Gasteiger partial charge in [-0.25, -0.2) is 9.97 Å². The first-order valence-electron chi connectivity index (χ1n) is 9.96. The average molecular weight is 411 g/mol. The number of H-pyrrole nitrogens is 1. The molecule has 0 saturated heterocycles. The predicted octanol–water partition coefficient (Wildman–Crippen LogP) is 4.12. The van der Waals surface area contributed by atoms with Gasteiger partial charge in [0.25, 0.3) is 5.91 Å². The summed E-state index contributed by atoms with van der Waals surface area (Å²) in [6.07, 6.45) is 5.56. The number of methoxy groups -OCH3 is 1. The second kappa shape index (κ2) is 7.60. The number of ether oxygens (including phenoxy) is 1. The van der Waals surface area contributed by atoms with E-state index in [-0.39, 0.29) is 5.91 Å². The van der Waals surface area contributed by atoms with E-state index in [2.05, 4.69) is 20.3 Å². The normalized spacial score (nSPS) is 11.2. The van der Waals surface area contributed by atoms with Gasteiger partial charge in [-0.2, -0.15) is 0 Å². The molecule has 0 unspecified atom stereocenters. The molecule has 2 N–H and O–H groups in total. The van der Waals surface area contributed by atoms with Crippen LogP contribution in [0.2, 0.25) is 0 Å². The van der Waals surface area contributed by atoms with Crippen molar-refractivity contribution >= 4 is 22.6 Å². The van der Waals surface area contributed by atoms with Gasteiger partial charge in [-0.1, -0.05) is 12.1 Å². The molecule has 0 atom stereocenters. The number of benzene rings is 1. The summed E-state index contributed by atoms with van der Waals surface area (Å²) in [5.74, 6) is 0.593. The average Bonchev–Trinajstić information content (AvgIpc) is 3.40. The number of hydrogen-bond donors (Lipinski definition) is 2. The maximum absolute atomic E-state index is 12.9. The van der Waals surface area contributed by atoms with Gasteiger partial charge in [0.15, 0.2) is 0 Å². The summed E-state index contributed by atoms with van der Waals surface area (Å²) in [5, 5.41) is 4.03. The molecular weight excluding hydrogens is 390 g/mol. The van der Waals surface area contributed by atoms with Crippen LogP contribution in [0.3, 0.4) is 0 Å². The Morgan fingerprint density at radius 3 is 2.97 bits per heavy atom. The third kappa shape index (κ3) is 3.40. The summed E-state index contributed by atoms with van der Waals surface area (Å²) in [7, 11) is 1.63. The van der Waals surface area contributed by atoms with Crippen molar-refractivity contribution in [2.75, 3.05) is 7.11 Å². The van der Waals surface area contributed by atoms with Crippen LogP contribution in [0.1, 0.15) is 21.7 Å². The molecule has 7 heteroatoms. The molecule has 1 amide bonds. The van der Waals surface area contributed by atoms with Crippen LogP contribution in [0.25, 0.3) is 27.8 Å². The Hall–Kier alpha value is -4.13. The molecule has 5 rings (SSSR count). The van der Waals surface area contributed by atoms with Crippen LogP contribution in [-0.2, 0) is 6.54 Å². The topological polar surface area (TPSA) is 84.3 Å². The monoisotopic (exact) mass is 411 g/mol. The Labute approximate surface area is 178 Å². The lowest BCUT2D eigenvalue weighted by molar-refractivity contribution is 0.0944. The molecule has 5 aromatic rings. The molecule has 0 spiro atoms. The fourth-order valence-corrected chi connectivity index (χ4v) is 3.86. The Balaban J connectivity index is 1.45. The van der Waals surface area contributed by atoms with Gasteiger partial charge in [0, 0.05) is 30.5 Å². The fraction of sp³-hybridized carbons (Fsp3) is 0.125. The van der Waals surface area contributed by atoms with Crippen molar-refractivity contribution in [3.8, 4) is 16.9 Å². The van der Waals surface area contributed by atoms with Crippen molar-refractivity contribution in [2.24, 2.45) is 0 Å². The number of rotatable bonds is 5. The van der Waals surface area contributed by atoms with Crippen molar-refractivity contribution in [1.29, 1.82) is 0 Å². The first-order valence-corrected chi connectivity index (χ1v) is 9.96. The zero-order chi connectivity index (χ0) is 21.4. The molecule has 4 aromatic heterocycles. The highest BCUT2D eigenvalue weighted by atomic mass is 16.5. The van der Waals surface area contributed by atoms with Crippen molar-refractivity contribution in [3.63, 3.8) is 0 Å². The molecule has 154 valence electrons. The molecular formula is C24H21N5O2. The van der Waals surface area contributed by atoms with Gasteiger partial charge in [-0.15, -0.1) is 0 Å². The van der Waals surface area contributed by atoms with Crippen LogP contribution >= 0.6 is 0 Å². The number of nitrogens with one attached hydrogen (secondary N) is 2. The number of fused-ring (bicyclic) bond motifs is 2. The van der Waals surface area contributed by atoms with Gasteiger partial charge in [0.1, 0.15) is 22.7 Å². The van der Waals surface area contributed by atoms with Crippen LogP contribution in [0.5, 0.6) is 5.75 Å². The minimum atomic E-state index is -0.169. The zero-order valence-corrected chi connectivity index (χ0v) is 17.2. The molecule has 0 fully saturated rings. The lowest BCUT2D eigenvalue weighted by Gasteiger charge is -2.08. The Morgan fingerprint density at radius 1 is 1.19 bits per heavy atom. The molecule has 1 aromatic carbocycles. The van der Waals surface area contributed by atoms with Crippen LogP contribution < -0.4 is 10.1 Å². The minimum Gasteiger partial charge on any atom is -0.497 e. The van der Waals surface area contributed by atoms with E-state index in [0.717, 1.165) is 39.1 Å². The largest absolute Gasteiger partial charge is 0.497 e. The lowest BCUT2D eigenvalue weighted by Crippen LogP contribution is -2.25. The molecule has 0 bridgehead atoms. The van der Waals surface area contributed by atoms with E-state index >= 15 is 0 Å². The number of carbonyl (C=O) groups excluding carboxylic acids is 1. The molecule has 0 saturated carbocycles. The third-order valence-corrected chi connectivity index (χ3v) is 5.37. The van der Waals surface area contributed by atoms with Gasteiger partial charge in [-0.3, -0.25) is 9.20 Å². The first kappa shape index (κ1) is 18.9. The molecule has 0 aliphatic heterocycles. The summed E-state index contributed by atoms with van der Waals surface area (Å²) >= 11 is 0. The Bertz CT molecular complexity index is 1420. The standard InChI is InChI=1S/C24H21N5O2/c1-15-22(24(30)27-14-16-4-3-5-18(12-16)31-2)29-11-8-17(13-21(29)28-15)19-6-9-25-23-20(19)7-10-26-23/h3-13H,14H2,1-2H3,(H,25,26)(H,27,30). The number of carbonyl (C=O) groups is 1. The quantitative estimate of drug-likeness (QED) is 0.456. The van der Waals surface area contributed by atoms with Crippen molar-refractivity contribution in [3.05, 3.63) is 84.1 Å². The number of imidazole rings is 1. The number of nitrogens with zero attached hydrogens (tertiary/aromatic N) is 3. The second-order valence-electron chi connectivity index (χ2n) is 7.32. The van der Waals surface area contributed by atoms with Crippen molar-refractivity contribution in [2.45, 2.75) is 13.5 Å². The number of amides is 1. The van der Waals surface area contributed by atoms with E-state index in [9.17, 15) is 4.79 Å². The lowest BCUT2D eigenvalue weighted by atomic mass is 10.1. The summed E-state index contributed by atoms with van der Waals surface area (Å²) in [6, 6.07) is 15.6. The second-order valence-corrected chi connectivity index (χ2v) is 7.32. The maximum Gasteiger partial charge on any atom is 0.270 e. The van der Waals surface area contributed by atoms with Crippen LogP contribution in [0.4, 0.5) is 0 Å². The van der Waals surface area contributed by atoms with Gasteiger partial charge < -0.3 is 15.0 Å². The molecule has 4 heterocycles. The van der Waals surface area contributed by atoms with E-state index in [4.69, 9.17) is 4.74 Å². The molecule has 0 radical (unpaired) electrons. The van der Waals surface area contributed by atoms with Crippen molar-refractivity contribution < 1.29 is 9.53 Å². The van der Waals surface area contributed by atoms with E-state index < -0.39 is 0 Å². The number of aromatic amines is 1. The van der Waals surface area contributed by atoms with Crippen molar-refractivity contribution in [1.82, 2.24) is 24.7 Å². The highest BCUT2D eigenvalue weighted by Crippen LogP contribution is 2.28. The summed E-state index contributed by atoms with van der Waals surface area (Å²) in [5.41, 5.74) is 5.84. The highest BCUT2D eigenvalue weighted by molar-refractivity contribution is 5.96. The molecule has 0 aliphatic carbocycles. The van der Waals surface area contributed by atoms with Gasteiger partial charge in [-0.05, 0) is 60.0 Å². The highest BCUT2D eigenvalue weighted by Gasteiger charge is 2.17. The maximum atomic E-state index is 12.9. The summed E-state index contributed by atoms with van der Waals surface area (Å²) in [6.45, 7) is 2.26. The molecule has 31 heavy (non-hydrogen) atoms. The molecule has 7 nitrogen and oxygen atoms in total. The number of aromatic nitrogens is 4. The minimum absolute atomic E-state index is 0.169. The van der Waals surface area contributed by atoms with E-state index in [1.54, 1.807) is 13.3 Å². The predicted molar refractivity (Wildman–Crippen MR) is 119 cm³/mol. The first-order chi connectivity index (χ1) is 15.1. The van der Waals surface area contributed by atoms with Gasteiger partial charge in [0.2, 0.25) is 0 Å². The van der Waals surface area contributed by atoms with E-state index in [1.165, 1.54) is 0 Å². The fourth-order valence-electron chi connectivity index (χ4n) is 3.86. The van der Waals surface area contributed by atoms with Gasteiger partial charge >= 0.3 is 0 Å². The van der Waals surface area contributed by atoms with E-state index in [0.29, 0.717) is 17.9 Å². The number of hydrogen-bond acceptors (Lipinski definition) is 4. The van der Waals surface area contributed by atoms with Gasteiger partial charge in [0.05, 0.1) is 12.8 Å². The SMILES string of the molecule is COc1cccc(CNC(=O)c2c(C)nc3cc(-c4ccnc5[nH]ccc45)ccn23)c1. The molecule has 0 aliphatic rings. The number of aryl methyl sites for hydroxylation is 1. The van der Waals surface area contributed by atoms with E-state index in [1.807, 2.05) is 72.2 Å². The Kier molecular flexibility index (Phi) is 4.63. The van der Waals surface area contributed by atoms with Crippen LogP contribution in [0, 0.1) is 6.92 Å². The van der Waals surface area contributed by atoms with Crippen LogP contribution in [0.15, 0.2) is 67.1 Å². The third-order valence-electron chi connectivity index (χ3n) is 5.37. The smallest absolute Gasteiger partial charge is 0.270 e. The summed E-state index contributed by atoms with van der Waals surface area (Å²) < 4.78 is 7.08. The summed E-state index contributed by atoms with van der Waals surface area (Å²) in [4.78, 5) is 25.1. The Morgan fingerprint density at radius 2 is 2.10 bits per heavy atom.